The summed E-state index contributed by atoms with van der Waals surface area (Å²) in [5.41, 5.74) is 0.907. The first-order valence-corrected chi connectivity index (χ1v) is 4.34. The molecule has 1 N–H and O–H groups in total. The maximum Gasteiger partial charge on any atom is 0.119 e. The maximum atomic E-state index is 8.80. The second-order valence-electron chi connectivity index (χ2n) is 3.30. The first-order chi connectivity index (χ1) is 6.22. The van der Waals surface area contributed by atoms with Gasteiger partial charge in [0.2, 0.25) is 0 Å². The predicted octanol–water partition coefficient (Wildman–Crippen LogP) is 2.17. The average molecular weight is 179 g/mol. The summed E-state index contributed by atoms with van der Waals surface area (Å²) in [4.78, 5) is 0. The van der Waals surface area contributed by atoms with Crippen LogP contribution in [0.1, 0.15) is 19.4 Å². The zero-order valence-corrected chi connectivity index (χ0v) is 8.08. The monoisotopic (exact) mass is 179 g/mol. The van der Waals surface area contributed by atoms with E-state index in [1.807, 2.05) is 38.1 Å². The molecule has 13 heavy (non-hydrogen) atoms. The number of aliphatic hydroxyl groups is 1. The molecule has 0 saturated heterocycles. The molecule has 0 aliphatic heterocycles. The van der Waals surface area contributed by atoms with E-state index in [-0.39, 0.29) is 6.61 Å². The van der Waals surface area contributed by atoms with E-state index in [2.05, 4.69) is 0 Å². The van der Waals surface area contributed by atoms with Crippen molar-refractivity contribution in [3.05, 3.63) is 35.7 Å². The molecule has 1 aromatic carbocycles. The van der Waals surface area contributed by atoms with Gasteiger partial charge >= 0.3 is 0 Å². The molecule has 1 aromatic rings. The van der Waals surface area contributed by atoms with Gasteiger partial charge in [-0.3, -0.25) is 0 Å². The second kappa shape index (κ2) is 4.87. The second-order valence-corrected chi connectivity index (χ2v) is 3.30. The molecule has 0 amide bonds. The highest BCUT2D eigenvalue weighted by Gasteiger charge is 1.97. The summed E-state index contributed by atoms with van der Waals surface area (Å²) in [7, 11) is 0. The Morgan fingerprint density at radius 3 is 2.31 bits per heavy atom. The molecule has 0 aromatic heterocycles. The van der Waals surface area contributed by atoms with Gasteiger partial charge in [0.1, 0.15) is 5.75 Å². The van der Waals surface area contributed by atoms with E-state index in [4.69, 9.17) is 9.84 Å². The fourth-order valence-electron chi connectivity index (χ4n) is 0.919. The van der Waals surface area contributed by atoms with E-state index in [0.717, 1.165) is 11.3 Å². The van der Waals surface area contributed by atoms with Gasteiger partial charge in [-0.05, 0) is 17.7 Å². The Morgan fingerprint density at radius 1 is 1.23 bits per heavy atom. The zero-order valence-electron chi connectivity index (χ0n) is 8.08. The van der Waals surface area contributed by atoms with Gasteiger partial charge in [-0.25, -0.2) is 0 Å². The lowest BCUT2D eigenvalue weighted by Gasteiger charge is -2.08. The van der Waals surface area contributed by atoms with Crippen LogP contribution in [0.2, 0.25) is 0 Å². The van der Waals surface area contributed by atoms with E-state index in [1.165, 1.54) is 5.92 Å². The number of rotatable bonds is 4. The minimum Gasteiger partial charge on any atom is -0.493 e. The van der Waals surface area contributed by atoms with E-state index < -0.39 is 0 Å². The van der Waals surface area contributed by atoms with E-state index in [9.17, 15) is 0 Å². The Kier molecular flexibility index (Phi) is 3.77. The van der Waals surface area contributed by atoms with E-state index in [1.54, 1.807) is 0 Å². The molecular weight excluding hydrogens is 164 g/mol. The molecule has 0 bridgehead atoms. The van der Waals surface area contributed by atoms with Crippen molar-refractivity contribution >= 4 is 0 Å². The Hall–Kier alpha value is -1.02. The summed E-state index contributed by atoms with van der Waals surface area (Å²) < 4.78 is 5.45. The van der Waals surface area contributed by atoms with Gasteiger partial charge < -0.3 is 9.84 Å². The molecule has 0 saturated carbocycles. The van der Waals surface area contributed by atoms with Crippen LogP contribution in [0, 0.1) is 5.92 Å². The molecule has 0 aliphatic carbocycles. The molecule has 0 spiro atoms. The lowest BCUT2D eigenvalue weighted by molar-refractivity contribution is 0.281. The fourth-order valence-corrected chi connectivity index (χ4v) is 0.919. The summed E-state index contributed by atoms with van der Waals surface area (Å²) in [6.45, 7) is 4.79. The third-order valence-electron chi connectivity index (χ3n) is 1.63. The summed E-state index contributed by atoms with van der Waals surface area (Å²) >= 11 is 0. The number of aliphatic hydroxyl groups excluding tert-OH is 1. The predicted molar refractivity (Wildman–Crippen MR) is 52.5 cm³/mol. The first-order valence-electron chi connectivity index (χ1n) is 4.34. The van der Waals surface area contributed by atoms with Crippen LogP contribution < -0.4 is 4.74 Å². The Labute approximate surface area is 79.2 Å². The van der Waals surface area contributed by atoms with Crippen molar-refractivity contribution < 1.29 is 9.84 Å². The molecule has 1 rings (SSSR count). The van der Waals surface area contributed by atoms with Crippen molar-refractivity contribution in [2.45, 2.75) is 20.5 Å². The van der Waals surface area contributed by atoms with Gasteiger partial charge in [-0.2, -0.15) is 0 Å². The van der Waals surface area contributed by atoms with Crippen LogP contribution in [-0.2, 0) is 6.61 Å². The maximum absolute atomic E-state index is 8.80. The molecule has 0 aliphatic rings. The normalized spacial score (nSPS) is 10.5. The highest BCUT2D eigenvalue weighted by atomic mass is 16.5. The fraction of sp³-hybridized carbons (Fsp3) is 0.364. The number of hydrogen-bond acceptors (Lipinski definition) is 2. The molecule has 2 nitrogen and oxygen atoms in total. The molecule has 71 valence electrons. The lowest BCUT2D eigenvalue weighted by atomic mass is 10.2. The summed E-state index contributed by atoms with van der Waals surface area (Å²) in [5.74, 6) is 2.09. The standard InChI is InChI=1S/C11H15O2/c1-9(2)8-13-11-5-3-10(7-12)4-6-11/h3-6,12H,7-8H2,1-2H3. The van der Waals surface area contributed by atoms with Crippen LogP contribution in [0.4, 0.5) is 0 Å². The topological polar surface area (TPSA) is 29.5 Å². The SMILES string of the molecule is C[C](C)COc1ccc(CO)cc1. The van der Waals surface area contributed by atoms with Crippen molar-refractivity contribution in [3.8, 4) is 5.75 Å². The van der Waals surface area contributed by atoms with Crippen molar-refractivity contribution in [1.82, 2.24) is 0 Å². The highest BCUT2D eigenvalue weighted by Crippen LogP contribution is 2.13. The van der Waals surface area contributed by atoms with Crippen LogP contribution in [-0.4, -0.2) is 11.7 Å². The summed E-state index contributed by atoms with van der Waals surface area (Å²) in [6.07, 6.45) is 0. The van der Waals surface area contributed by atoms with Crippen LogP contribution in [0.15, 0.2) is 24.3 Å². The third-order valence-corrected chi connectivity index (χ3v) is 1.63. The minimum absolute atomic E-state index is 0.0826. The zero-order chi connectivity index (χ0) is 9.68. The van der Waals surface area contributed by atoms with Gasteiger partial charge in [0, 0.05) is 5.92 Å². The van der Waals surface area contributed by atoms with E-state index >= 15 is 0 Å². The molecule has 0 fully saturated rings. The van der Waals surface area contributed by atoms with Crippen LogP contribution in [0.3, 0.4) is 0 Å². The van der Waals surface area contributed by atoms with Crippen LogP contribution >= 0.6 is 0 Å². The quantitative estimate of drug-likeness (QED) is 0.767. The first kappa shape index (κ1) is 10.1. The Morgan fingerprint density at radius 2 is 1.85 bits per heavy atom. The molecule has 2 heteroatoms. The third kappa shape index (κ3) is 3.47. The number of benzene rings is 1. The molecular formula is C11H15O2. The van der Waals surface area contributed by atoms with Gasteiger partial charge in [0.25, 0.3) is 0 Å². The lowest BCUT2D eigenvalue weighted by Crippen LogP contribution is -2.02. The highest BCUT2D eigenvalue weighted by molar-refractivity contribution is 5.26. The molecule has 0 unspecified atom stereocenters. The Bertz CT molecular complexity index is 239. The number of ether oxygens (including phenoxy) is 1. The molecule has 0 heterocycles. The van der Waals surface area contributed by atoms with Crippen molar-refractivity contribution in [1.29, 1.82) is 0 Å². The van der Waals surface area contributed by atoms with Crippen molar-refractivity contribution in [3.63, 3.8) is 0 Å². The minimum atomic E-state index is 0.0826. The van der Waals surface area contributed by atoms with Gasteiger partial charge in [0.05, 0.1) is 13.2 Å². The van der Waals surface area contributed by atoms with Crippen molar-refractivity contribution in [2.75, 3.05) is 6.61 Å². The molecule has 0 atom stereocenters. The van der Waals surface area contributed by atoms with Crippen molar-refractivity contribution in [2.24, 2.45) is 0 Å². The van der Waals surface area contributed by atoms with E-state index in [0.29, 0.717) is 6.61 Å². The molecule has 1 radical (unpaired) electrons. The largest absolute Gasteiger partial charge is 0.493 e. The van der Waals surface area contributed by atoms with Crippen LogP contribution in [0.25, 0.3) is 0 Å². The average Bonchev–Trinajstić information content (AvgIpc) is 2.15. The van der Waals surface area contributed by atoms with Gasteiger partial charge in [0.15, 0.2) is 0 Å². The summed E-state index contributed by atoms with van der Waals surface area (Å²) in [6, 6.07) is 7.46. The van der Waals surface area contributed by atoms with Gasteiger partial charge in [-0.1, -0.05) is 26.0 Å². The number of hydrogen-bond donors (Lipinski definition) is 1. The van der Waals surface area contributed by atoms with Gasteiger partial charge in [-0.15, -0.1) is 0 Å². The summed E-state index contributed by atoms with van der Waals surface area (Å²) in [5, 5.41) is 8.80. The Balaban J connectivity index is 2.49. The van der Waals surface area contributed by atoms with Crippen LogP contribution in [0.5, 0.6) is 5.75 Å². The smallest absolute Gasteiger partial charge is 0.119 e.